The number of nitrogens with zero attached hydrogens (tertiary/aromatic N) is 3. The van der Waals surface area contributed by atoms with Gasteiger partial charge in [0.2, 0.25) is 5.95 Å². The van der Waals surface area contributed by atoms with E-state index >= 15 is 0 Å². The Labute approximate surface area is 127 Å². The number of anilines is 1. The molecule has 0 bridgehead atoms. The van der Waals surface area contributed by atoms with Crippen molar-refractivity contribution in [3.63, 3.8) is 0 Å². The van der Waals surface area contributed by atoms with E-state index in [1.165, 1.54) is 0 Å². The van der Waals surface area contributed by atoms with Crippen LogP contribution in [0.4, 0.5) is 5.95 Å². The Hall–Kier alpha value is -0.810. The first-order valence-corrected chi connectivity index (χ1v) is 8.43. The third kappa shape index (κ3) is 5.29. The summed E-state index contributed by atoms with van der Waals surface area (Å²) >= 11 is 1.84. The van der Waals surface area contributed by atoms with Crippen LogP contribution in [-0.2, 0) is 6.54 Å². The first-order valence-electron chi connectivity index (χ1n) is 7.04. The molecule has 5 heteroatoms. The van der Waals surface area contributed by atoms with E-state index in [9.17, 15) is 0 Å². The van der Waals surface area contributed by atoms with Crippen LogP contribution < -0.4 is 10.2 Å². The molecule has 0 aliphatic carbocycles. The summed E-state index contributed by atoms with van der Waals surface area (Å²) in [5.41, 5.74) is 2.32. The highest BCUT2D eigenvalue weighted by Crippen LogP contribution is 2.14. The average Bonchev–Trinajstić information content (AvgIpc) is 2.35. The Kier molecular flexibility index (Phi) is 6.27. The summed E-state index contributed by atoms with van der Waals surface area (Å²) in [6.07, 6.45) is 4.07. The van der Waals surface area contributed by atoms with Crippen molar-refractivity contribution in [3.8, 4) is 0 Å². The molecule has 1 unspecified atom stereocenters. The quantitative estimate of drug-likeness (QED) is 0.874. The fraction of sp³-hybridized carbons (Fsp3) is 0.733. The zero-order valence-electron chi connectivity index (χ0n) is 13.8. The predicted molar refractivity (Wildman–Crippen MR) is 89.6 cm³/mol. The van der Waals surface area contributed by atoms with Gasteiger partial charge in [0, 0.05) is 48.4 Å². The molecular formula is C15H28N4S. The summed E-state index contributed by atoms with van der Waals surface area (Å²) < 4.78 is 0. The van der Waals surface area contributed by atoms with E-state index in [1.54, 1.807) is 0 Å². The molecule has 1 heterocycles. The summed E-state index contributed by atoms with van der Waals surface area (Å²) in [6.45, 7) is 11.5. The molecule has 1 aromatic rings. The maximum Gasteiger partial charge on any atom is 0.225 e. The molecule has 1 rings (SSSR count). The minimum absolute atomic E-state index is 0.106. The number of rotatable bonds is 6. The van der Waals surface area contributed by atoms with Gasteiger partial charge in [-0.15, -0.1) is 0 Å². The van der Waals surface area contributed by atoms with E-state index in [-0.39, 0.29) is 5.54 Å². The Morgan fingerprint density at radius 2 is 2.05 bits per heavy atom. The van der Waals surface area contributed by atoms with E-state index < -0.39 is 0 Å². The second-order valence-electron chi connectivity index (χ2n) is 6.30. The SMILES string of the molecule is CSCC(C)N(C)c1ncc(CNC(C)(C)C)c(C)n1. The van der Waals surface area contributed by atoms with Crippen LogP contribution in [0.3, 0.4) is 0 Å². The van der Waals surface area contributed by atoms with Gasteiger partial charge in [-0.25, -0.2) is 9.97 Å². The van der Waals surface area contributed by atoms with Crippen LogP contribution in [-0.4, -0.2) is 40.6 Å². The van der Waals surface area contributed by atoms with E-state index in [4.69, 9.17) is 0 Å². The highest BCUT2D eigenvalue weighted by Gasteiger charge is 2.14. The number of hydrogen-bond donors (Lipinski definition) is 1. The van der Waals surface area contributed by atoms with Gasteiger partial charge in [0.15, 0.2) is 0 Å². The molecule has 114 valence electrons. The highest BCUT2D eigenvalue weighted by atomic mass is 32.2. The zero-order valence-corrected chi connectivity index (χ0v) is 14.6. The normalized spacial score (nSPS) is 13.3. The predicted octanol–water partition coefficient (Wildman–Crippen LogP) is 2.86. The number of aromatic nitrogens is 2. The van der Waals surface area contributed by atoms with Gasteiger partial charge in [0.05, 0.1) is 0 Å². The first kappa shape index (κ1) is 17.2. The molecule has 0 aliphatic rings. The number of nitrogens with one attached hydrogen (secondary N) is 1. The first-order chi connectivity index (χ1) is 9.24. The zero-order chi connectivity index (χ0) is 15.3. The van der Waals surface area contributed by atoms with Crippen molar-refractivity contribution in [1.29, 1.82) is 0 Å². The van der Waals surface area contributed by atoms with Crippen molar-refractivity contribution >= 4 is 17.7 Å². The minimum atomic E-state index is 0.106. The fourth-order valence-electron chi connectivity index (χ4n) is 1.73. The highest BCUT2D eigenvalue weighted by molar-refractivity contribution is 7.98. The largest absolute Gasteiger partial charge is 0.340 e. The minimum Gasteiger partial charge on any atom is -0.340 e. The van der Waals surface area contributed by atoms with Crippen LogP contribution in [0.5, 0.6) is 0 Å². The lowest BCUT2D eigenvalue weighted by Gasteiger charge is -2.25. The monoisotopic (exact) mass is 296 g/mol. The van der Waals surface area contributed by atoms with Crippen molar-refractivity contribution in [2.45, 2.75) is 52.7 Å². The smallest absolute Gasteiger partial charge is 0.225 e. The third-order valence-electron chi connectivity index (χ3n) is 3.26. The van der Waals surface area contributed by atoms with E-state index in [0.717, 1.165) is 29.5 Å². The average molecular weight is 296 g/mol. The Morgan fingerprint density at radius 3 is 2.55 bits per heavy atom. The number of thioether (sulfide) groups is 1. The second kappa shape index (κ2) is 7.27. The molecule has 0 saturated carbocycles. The summed E-state index contributed by atoms with van der Waals surface area (Å²) in [4.78, 5) is 11.3. The molecule has 4 nitrogen and oxygen atoms in total. The van der Waals surface area contributed by atoms with Gasteiger partial charge in [-0.1, -0.05) is 0 Å². The van der Waals surface area contributed by atoms with Crippen LogP contribution >= 0.6 is 11.8 Å². The molecule has 0 amide bonds. The molecule has 0 spiro atoms. The summed E-state index contributed by atoms with van der Waals surface area (Å²) in [7, 11) is 2.06. The number of aryl methyl sites for hydroxylation is 1. The lowest BCUT2D eigenvalue weighted by Crippen LogP contribution is -2.35. The van der Waals surface area contributed by atoms with Gasteiger partial charge >= 0.3 is 0 Å². The summed E-state index contributed by atoms with van der Waals surface area (Å²) in [5, 5.41) is 3.47. The van der Waals surface area contributed by atoms with Crippen molar-refractivity contribution in [2.75, 3.05) is 24.0 Å². The third-order valence-corrected chi connectivity index (χ3v) is 4.08. The van der Waals surface area contributed by atoms with Crippen LogP contribution in [0.1, 0.15) is 39.0 Å². The molecule has 1 atom stereocenters. The van der Waals surface area contributed by atoms with E-state index in [2.05, 4.69) is 68.1 Å². The van der Waals surface area contributed by atoms with Crippen LogP contribution in [0, 0.1) is 6.92 Å². The number of hydrogen-bond acceptors (Lipinski definition) is 5. The van der Waals surface area contributed by atoms with Gasteiger partial charge in [0.25, 0.3) is 0 Å². The topological polar surface area (TPSA) is 41.1 Å². The van der Waals surface area contributed by atoms with Gasteiger partial charge in [-0.05, 0) is 40.9 Å². The molecule has 0 aromatic carbocycles. The van der Waals surface area contributed by atoms with Crippen molar-refractivity contribution in [1.82, 2.24) is 15.3 Å². The lowest BCUT2D eigenvalue weighted by molar-refractivity contribution is 0.423. The fourth-order valence-corrected chi connectivity index (χ4v) is 2.44. The Balaban J connectivity index is 2.77. The van der Waals surface area contributed by atoms with Gasteiger partial charge in [0.1, 0.15) is 0 Å². The van der Waals surface area contributed by atoms with E-state index in [1.807, 2.05) is 18.0 Å². The molecule has 1 N–H and O–H groups in total. The van der Waals surface area contributed by atoms with Gasteiger partial charge in [-0.3, -0.25) is 0 Å². The molecule has 0 radical (unpaired) electrons. The molecule has 20 heavy (non-hydrogen) atoms. The lowest BCUT2D eigenvalue weighted by atomic mass is 10.1. The molecular weight excluding hydrogens is 268 g/mol. The standard InChI is InChI=1S/C15H28N4S/c1-11(10-20-7)19(6)14-16-8-13(12(2)18-14)9-17-15(3,4)5/h8,11,17H,9-10H2,1-7H3. The molecule has 0 aliphatic heterocycles. The Morgan fingerprint density at radius 1 is 1.40 bits per heavy atom. The van der Waals surface area contributed by atoms with Crippen molar-refractivity contribution < 1.29 is 0 Å². The Bertz CT molecular complexity index is 428. The maximum absolute atomic E-state index is 4.64. The molecule has 1 aromatic heterocycles. The maximum atomic E-state index is 4.64. The summed E-state index contributed by atoms with van der Waals surface area (Å²) in [5.74, 6) is 1.88. The van der Waals surface area contributed by atoms with Crippen LogP contribution in [0.15, 0.2) is 6.20 Å². The molecule has 0 saturated heterocycles. The van der Waals surface area contributed by atoms with Gasteiger partial charge < -0.3 is 10.2 Å². The van der Waals surface area contributed by atoms with E-state index in [0.29, 0.717) is 6.04 Å². The molecule has 0 fully saturated rings. The van der Waals surface area contributed by atoms with Crippen LogP contribution in [0.2, 0.25) is 0 Å². The van der Waals surface area contributed by atoms with Gasteiger partial charge in [-0.2, -0.15) is 11.8 Å². The van der Waals surface area contributed by atoms with Crippen molar-refractivity contribution in [3.05, 3.63) is 17.5 Å². The van der Waals surface area contributed by atoms with Crippen molar-refractivity contribution in [2.24, 2.45) is 0 Å². The van der Waals surface area contributed by atoms with Crippen LogP contribution in [0.25, 0.3) is 0 Å². The summed E-state index contributed by atoms with van der Waals surface area (Å²) in [6, 6.07) is 0.433. The second-order valence-corrected chi connectivity index (χ2v) is 7.21.